The van der Waals surface area contributed by atoms with Crippen LogP contribution >= 0.6 is 0 Å². The maximum Gasteiger partial charge on any atom is 0.314 e. The molecule has 2 aromatic carbocycles. The number of benzene rings is 2. The van der Waals surface area contributed by atoms with Crippen molar-refractivity contribution < 1.29 is 19.1 Å². The van der Waals surface area contributed by atoms with Crippen molar-refractivity contribution in [2.45, 2.75) is 79.1 Å². The van der Waals surface area contributed by atoms with Gasteiger partial charge in [0.15, 0.2) is 0 Å². The SMILES string of the molecule is Cc1ccc(C(C)C)c(OCCNC(=O)NCCCCCCNC(=O)NCCOc2cc(C)ccc2C(C)C)c1. The molecule has 4 amide bonds. The first kappa shape index (κ1) is 32.8. The van der Waals surface area contributed by atoms with E-state index in [0.29, 0.717) is 51.2 Å². The third-order valence-electron chi connectivity index (χ3n) is 6.55. The van der Waals surface area contributed by atoms with Crippen molar-refractivity contribution in [1.82, 2.24) is 21.3 Å². The van der Waals surface area contributed by atoms with Crippen LogP contribution in [0.4, 0.5) is 9.59 Å². The molecule has 0 atom stereocenters. The van der Waals surface area contributed by atoms with Gasteiger partial charge in [-0.15, -0.1) is 0 Å². The molecule has 0 bridgehead atoms. The summed E-state index contributed by atoms with van der Waals surface area (Å²) >= 11 is 0. The van der Waals surface area contributed by atoms with Crippen LogP contribution in [0.3, 0.4) is 0 Å². The Labute approximate surface area is 241 Å². The lowest BCUT2D eigenvalue weighted by molar-refractivity contribution is 0.235. The highest BCUT2D eigenvalue weighted by Gasteiger charge is 2.09. The minimum Gasteiger partial charge on any atom is -0.491 e. The van der Waals surface area contributed by atoms with Gasteiger partial charge in [-0.25, -0.2) is 9.59 Å². The lowest BCUT2D eigenvalue weighted by atomic mass is 10.0. The molecular formula is C32H50N4O4. The molecule has 0 aliphatic heterocycles. The van der Waals surface area contributed by atoms with Crippen LogP contribution in [0.5, 0.6) is 11.5 Å². The summed E-state index contributed by atoms with van der Waals surface area (Å²) in [5.41, 5.74) is 4.66. The van der Waals surface area contributed by atoms with E-state index in [2.05, 4.69) is 73.2 Å². The van der Waals surface area contributed by atoms with Crippen molar-refractivity contribution in [2.24, 2.45) is 0 Å². The van der Waals surface area contributed by atoms with E-state index in [-0.39, 0.29) is 12.1 Å². The van der Waals surface area contributed by atoms with Crippen molar-refractivity contribution in [1.29, 1.82) is 0 Å². The molecule has 8 heteroatoms. The summed E-state index contributed by atoms with van der Waals surface area (Å²) in [6.45, 7) is 15.6. The molecule has 0 heterocycles. The monoisotopic (exact) mass is 554 g/mol. The fourth-order valence-electron chi connectivity index (χ4n) is 4.27. The molecule has 0 spiro atoms. The van der Waals surface area contributed by atoms with Gasteiger partial charge in [0.1, 0.15) is 24.7 Å². The largest absolute Gasteiger partial charge is 0.491 e. The second-order valence-electron chi connectivity index (χ2n) is 10.9. The Morgan fingerprint density at radius 2 is 0.975 bits per heavy atom. The molecule has 0 unspecified atom stereocenters. The van der Waals surface area contributed by atoms with Crippen molar-refractivity contribution >= 4 is 12.1 Å². The van der Waals surface area contributed by atoms with Crippen LogP contribution in [-0.4, -0.2) is 51.5 Å². The zero-order chi connectivity index (χ0) is 29.3. The summed E-state index contributed by atoms with van der Waals surface area (Å²) in [5.74, 6) is 2.54. The first-order valence-electron chi connectivity index (χ1n) is 14.7. The highest BCUT2D eigenvalue weighted by molar-refractivity contribution is 5.74. The predicted octanol–water partition coefficient (Wildman–Crippen LogP) is 6.17. The fraction of sp³-hybridized carbons (Fsp3) is 0.562. The van der Waals surface area contributed by atoms with Crippen LogP contribution in [0.2, 0.25) is 0 Å². The van der Waals surface area contributed by atoms with Gasteiger partial charge < -0.3 is 30.7 Å². The third-order valence-corrected chi connectivity index (χ3v) is 6.55. The average Bonchev–Trinajstić information content (AvgIpc) is 2.90. The molecule has 222 valence electrons. The molecule has 40 heavy (non-hydrogen) atoms. The van der Waals surface area contributed by atoms with Crippen LogP contribution in [0, 0.1) is 13.8 Å². The number of ether oxygens (including phenoxy) is 2. The molecule has 0 aliphatic rings. The Morgan fingerprint density at radius 1 is 0.600 bits per heavy atom. The number of aryl methyl sites for hydroxylation is 2. The predicted molar refractivity (Wildman–Crippen MR) is 163 cm³/mol. The maximum atomic E-state index is 12.0. The Hall–Kier alpha value is -3.42. The van der Waals surface area contributed by atoms with Gasteiger partial charge in [-0.1, -0.05) is 64.8 Å². The molecule has 0 aliphatic carbocycles. The molecule has 0 saturated heterocycles. The van der Waals surface area contributed by atoms with Crippen LogP contribution < -0.4 is 30.7 Å². The van der Waals surface area contributed by atoms with E-state index in [1.165, 1.54) is 11.1 Å². The summed E-state index contributed by atoms with van der Waals surface area (Å²) in [4.78, 5) is 24.0. The van der Waals surface area contributed by atoms with Crippen molar-refractivity contribution in [3.05, 3.63) is 58.7 Å². The minimum absolute atomic E-state index is 0.179. The van der Waals surface area contributed by atoms with Gasteiger partial charge in [0.05, 0.1) is 13.1 Å². The number of amides is 4. The number of rotatable bonds is 17. The number of carbonyl (C=O) groups is 2. The molecule has 0 aromatic heterocycles. The molecule has 0 saturated carbocycles. The van der Waals surface area contributed by atoms with E-state index in [9.17, 15) is 9.59 Å². The van der Waals surface area contributed by atoms with Gasteiger partial charge in [0.2, 0.25) is 0 Å². The van der Waals surface area contributed by atoms with E-state index in [4.69, 9.17) is 9.47 Å². The standard InChI is InChI=1S/C32H50N4O4/c1-23(2)27-13-11-25(5)21-29(27)39-19-17-35-31(37)33-15-9-7-8-10-16-34-32(38)36-18-20-40-30-22-26(6)12-14-28(30)24(3)4/h11-14,21-24H,7-10,15-20H2,1-6H3,(H2,33,35,37)(H2,34,36,38). The minimum atomic E-state index is -0.179. The number of hydrogen-bond acceptors (Lipinski definition) is 4. The molecular weight excluding hydrogens is 504 g/mol. The van der Waals surface area contributed by atoms with Crippen LogP contribution in [0.25, 0.3) is 0 Å². The number of unbranched alkanes of at least 4 members (excludes halogenated alkanes) is 3. The van der Waals surface area contributed by atoms with E-state index in [0.717, 1.165) is 48.3 Å². The van der Waals surface area contributed by atoms with Crippen molar-refractivity contribution in [2.75, 3.05) is 39.4 Å². The highest BCUT2D eigenvalue weighted by Crippen LogP contribution is 2.28. The molecule has 2 aromatic rings. The van der Waals surface area contributed by atoms with Crippen LogP contribution in [0.15, 0.2) is 36.4 Å². The summed E-state index contributed by atoms with van der Waals surface area (Å²) < 4.78 is 11.8. The second kappa shape index (κ2) is 18.0. The van der Waals surface area contributed by atoms with E-state index in [1.807, 2.05) is 26.0 Å². The van der Waals surface area contributed by atoms with E-state index < -0.39 is 0 Å². The summed E-state index contributed by atoms with van der Waals surface area (Å²) in [5, 5.41) is 11.5. The number of hydrogen-bond donors (Lipinski definition) is 4. The van der Waals surface area contributed by atoms with Gasteiger partial charge in [0.25, 0.3) is 0 Å². The Bertz CT molecular complexity index is 972. The van der Waals surface area contributed by atoms with E-state index >= 15 is 0 Å². The number of nitrogens with one attached hydrogen (secondary N) is 4. The summed E-state index contributed by atoms with van der Waals surface area (Å²) in [6.07, 6.45) is 3.76. The Morgan fingerprint density at radius 3 is 1.35 bits per heavy atom. The average molecular weight is 555 g/mol. The third kappa shape index (κ3) is 12.6. The molecule has 4 N–H and O–H groups in total. The fourth-order valence-corrected chi connectivity index (χ4v) is 4.27. The second-order valence-corrected chi connectivity index (χ2v) is 10.9. The Kier molecular flexibility index (Phi) is 14.8. The zero-order valence-electron chi connectivity index (χ0n) is 25.3. The Balaban J connectivity index is 1.44. The molecule has 2 rings (SSSR count). The number of urea groups is 2. The van der Waals surface area contributed by atoms with Gasteiger partial charge in [0, 0.05) is 13.1 Å². The summed E-state index contributed by atoms with van der Waals surface area (Å²) in [6, 6.07) is 12.1. The normalized spacial score (nSPS) is 10.9. The van der Waals surface area contributed by atoms with Gasteiger partial charge in [-0.2, -0.15) is 0 Å². The quantitative estimate of drug-likeness (QED) is 0.176. The lowest BCUT2D eigenvalue weighted by Gasteiger charge is -2.15. The highest BCUT2D eigenvalue weighted by atomic mass is 16.5. The number of carbonyl (C=O) groups excluding carboxylic acids is 2. The first-order chi connectivity index (χ1) is 19.2. The lowest BCUT2D eigenvalue weighted by Crippen LogP contribution is -2.38. The van der Waals surface area contributed by atoms with Gasteiger partial charge in [-0.05, 0) is 72.9 Å². The topological polar surface area (TPSA) is 101 Å². The van der Waals surface area contributed by atoms with E-state index in [1.54, 1.807) is 0 Å². The van der Waals surface area contributed by atoms with Crippen LogP contribution in [-0.2, 0) is 0 Å². The maximum absolute atomic E-state index is 12.0. The van der Waals surface area contributed by atoms with Gasteiger partial charge in [-0.3, -0.25) is 0 Å². The molecule has 0 fully saturated rings. The smallest absolute Gasteiger partial charge is 0.314 e. The zero-order valence-corrected chi connectivity index (χ0v) is 25.3. The summed E-state index contributed by atoms with van der Waals surface area (Å²) in [7, 11) is 0. The van der Waals surface area contributed by atoms with Crippen molar-refractivity contribution in [3.8, 4) is 11.5 Å². The van der Waals surface area contributed by atoms with Gasteiger partial charge >= 0.3 is 12.1 Å². The van der Waals surface area contributed by atoms with Crippen molar-refractivity contribution in [3.63, 3.8) is 0 Å². The first-order valence-corrected chi connectivity index (χ1v) is 14.7. The van der Waals surface area contributed by atoms with Crippen LogP contribution in [0.1, 0.15) is 87.5 Å². The molecule has 0 radical (unpaired) electrons. The molecule has 8 nitrogen and oxygen atoms in total.